The van der Waals surface area contributed by atoms with Crippen molar-refractivity contribution < 1.29 is 9.59 Å². The third-order valence-corrected chi connectivity index (χ3v) is 4.82. The van der Waals surface area contributed by atoms with E-state index in [0.29, 0.717) is 31.7 Å². The molecule has 0 aliphatic carbocycles. The SMILES string of the molecule is Cc1cccc(CSCC(=O)N2CCC(C(N)=O)CC2)c1. The highest BCUT2D eigenvalue weighted by atomic mass is 32.2. The molecule has 1 heterocycles. The van der Waals surface area contributed by atoms with E-state index in [2.05, 4.69) is 25.1 Å². The number of nitrogens with zero attached hydrogens (tertiary/aromatic N) is 1. The summed E-state index contributed by atoms with van der Waals surface area (Å²) in [6.07, 6.45) is 1.40. The average molecular weight is 306 g/mol. The molecule has 1 fully saturated rings. The summed E-state index contributed by atoms with van der Waals surface area (Å²) in [6, 6.07) is 8.35. The molecular formula is C16H22N2O2S. The molecule has 0 spiro atoms. The molecule has 0 radical (unpaired) electrons. The molecule has 0 atom stereocenters. The maximum atomic E-state index is 12.1. The molecule has 2 amide bonds. The van der Waals surface area contributed by atoms with Crippen LogP contribution < -0.4 is 5.73 Å². The fraction of sp³-hybridized carbons (Fsp3) is 0.500. The molecule has 21 heavy (non-hydrogen) atoms. The fourth-order valence-electron chi connectivity index (χ4n) is 2.56. The van der Waals surface area contributed by atoms with Crippen LogP contribution in [0.2, 0.25) is 0 Å². The molecule has 1 aromatic carbocycles. The number of carbonyl (C=O) groups excluding carboxylic acids is 2. The number of piperidine rings is 1. The Morgan fingerprint density at radius 1 is 1.33 bits per heavy atom. The molecule has 2 rings (SSSR count). The van der Waals surface area contributed by atoms with E-state index in [1.54, 1.807) is 11.8 Å². The highest BCUT2D eigenvalue weighted by Crippen LogP contribution is 2.19. The van der Waals surface area contributed by atoms with Gasteiger partial charge in [0, 0.05) is 24.8 Å². The van der Waals surface area contributed by atoms with Gasteiger partial charge < -0.3 is 10.6 Å². The van der Waals surface area contributed by atoms with Crippen LogP contribution in [0.5, 0.6) is 0 Å². The van der Waals surface area contributed by atoms with Crippen LogP contribution in [0.4, 0.5) is 0 Å². The van der Waals surface area contributed by atoms with E-state index >= 15 is 0 Å². The van der Waals surface area contributed by atoms with Gasteiger partial charge in [0.1, 0.15) is 0 Å². The largest absolute Gasteiger partial charge is 0.369 e. The Bertz CT molecular complexity index is 511. The number of thioether (sulfide) groups is 1. The van der Waals surface area contributed by atoms with Crippen LogP contribution in [-0.2, 0) is 15.3 Å². The maximum Gasteiger partial charge on any atom is 0.232 e. The van der Waals surface area contributed by atoms with Crippen LogP contribution in [0, 0.1) is 12.8 Å². The van der Waals surface area contributed by atoms with Gasteiger partial charge in [0.15, 0.2) is 0 Å². The summed E-state index contributed by atoms with van der Waals surface area (Å²) in [5.41, 5.74) is 7.79. The topological polar surface area (TPSA) is 63.4 Å². The number of benzene rings is 1. The predicted molar refractivity (Wildman–Crippen MR) is 85.8 cm³/mol. The van der Waals surface area contributed by atoms with Crippen LogP contribution in [0.3, 0.4) is 0 Å². The van der Waals surface area contributed by atoms with E-state index in [-0.39, 0.29) is 17.7 Å². The Hall–Kier alpha value is -1.49. The summed E-state index contributed by atoms with van der Waals surface area (Å²) >= 11 is 1.64. The lowest BCUT2D eigenvalue weighted by molar-refractivity contribution is -0.132. The van der Waals surface area contributed by atoms with Crippen LogP contribution in [0.25, 0.3) is 0 Å². The lowest BCUT2D eigenvalue weighted by atomic mass is 9.96. The van der Waals surface area contributed by atoms with Gasteiger partial charge in [-0.3, -0.25) is 9.59 Å². The van der Waals surface area contributed by atoms with Crippen molar-refractivity contribution in [2.24, 2.45) is 11.7 Å². The van der Waals surface area contributed by atoms with Gasteiger partial charge in [-0.05, 0) is 25.3 Å². The Balaban J connectivity index is 1.72. The first-order valence-corrected chi connectivity index (χ1v) is 8.42. The van der Waals surface area contributed by atoms with Gasteiger partial charge in [0.05, 0.1) is 5.75 Å². The summed E-state index contributed by atoms with van der Waals surface area (Å²) in [6.45, 7) is 3.37. The zero-order valence-electron chi connectivity index (χ0n) is 12.4. The molecule has 1 saturated heterocycles. The Morgan fingerprint density at radius 2 is 2.05 bits per heavy atom. The molecule has 4 nitrogen and oxygen atoms in total. The van der Waals surface area contributed by atoms with Crippen molar-refractivity contribution in [3.05, 3.63) is 35.4 Å². The van der Waals surface area contributed by atoms with Crippen molar-refractivity contribution >= 4 is 23.6 Å². The van der Waals surface area contributed by atoms with Gasteiger partial charge in [0.25, 0.3) is 0 Å². The van der Waals surface area contributed by atoms with Crippen molar-refractivity contribution in [3.63, 3.8) is 0 Å². The number of carbonyl (C=O) groups is 2. The molecule has 5 heteroatoms. The second kappa shape index (κ2) is 7.50. The quantitative estimate of drug-likeness (QED) is 0.904. The maximum absolute atomic E-state index is 12.1. The van der Waals surface area contributed by atoms with Crippen molar-refractivity contribution in [2.75, 3.05) is 18.8 Å². The molecule has 2 N–H and O–H groups in total. The third-order valence-electron chi connectivity index (χ3n) is 3.83. The molecule has 0 saturated carbocycles. The van der Waals surface area contributed by atoms with Gasteiger partial charge in [-0.2, -0.15) is 0 Å². The van der Waals surface area contributed by atoms with E-state index < -0.39 is 0 Å². The second-order valence-electron chi connectivity index (χ2n) is 5.54. The van der Waals surface area contributed by atoms with Crippen LogP contribution in [0.1, 0.15) is 24.0 Å². The highest BCUT2D eigenvalue weighted by molar-refractivity contribution is 7.99. The minimum absolute atomic E-state index is 0.0611. The average Bonchev–Trinajstić information content (AvgIpc) is 2.47. The number of likely N-dealkylation sites (tertiary alicyclic amines) is 1. The number of primary amides is 1. The van der Waals surface area contributed by atoms with E-state index in [9.17, 15) is 9.59 Å². The van der Waals surface area contributed by atoms with E-state index in [1.165, 1.54) is 11.1 Å². The number of rotatable bonds is 5. The fourth-order valence-corrected chi connectivity index (χ4v) is 3.44. The number of aryl methyl sites for hydroxylation is 1. The predicted octanol–water partition coefficient (Wildman–Crippen LogP) is 1.95. The standard InChI is InChI=1S/C16H22N2O2S/c1-12-3-2-4-13(9-12)10-21-11-15(19)18-7-5-14(6-8-18)16(17)20/h2-4,9,14H,5-8,10-11H2,1H3,(H2,17,20). The van der Waals surface area contributed by atoms with Crippen LogP contribution >= 0.6 is 11.8 Å². The molecule has 0 unspecified atom stereocenters. The number of hydrogen-bond acceptors (Lipinski definition) is 3. The lowest BCUT2D eigenvalue weighted by Crippen LogP contribution is -2.42. The Labute approximate surface area is 130 Å². The number of amides is 2. The van der Waals surface area contributed by atoms with Gasteiger partial charge in [-0.25, -0.2) is 0 Å². The van der Waals surface area contributed by atoms with E-state index in [1.807, 2.05) is 11.0 Å². The summed E-state index contributed by atoms with van der Waals surface area (Å²) < 4.78 is 0. The minimum Gasteiger partial charge on any atom is -0.369 e. The summed E-state index contributed by atoms with van der Waals surface area (Å²) in [4.78, 5) is 25.1. The molecule has 0 aromatic heterocycles. The number of hydrogen-bond donors (Lipinski definition) is 1. The first kappa shape index (κ1) is 15.9. The van der Waals surface area contributed by atoms with Crippen LogP contribution in [-0.4, -0.2) is 35.6 Å². The Kier molecular flexibility index (Phi) is 5.67. The lowest BCUT2D eigenvalue weighted by Gasteiger charge is -2.30. The number of nitrogens with two attached hydrogens (primary N) is 1. The third kappa shape index (κ3) is 4.77. The summed E-state index contributed by atoms with van der Waals surface area (Å²) in [5, 5.41) is 0. The first-order chi connectivity index (χ1) is 10.1. The summed E-state index contributed by atoms with van der Waals surface area (Å²) in [7, 11) is 0. The van der Waals surface area contributed by atoms with Crippen molar-refractivity contribution in [1.29, 1.82) is 0 Å². The first-order valence-electron chi connectivity index (χ1n) is 7.26. The van der Waals surface area contributed by atoms with E-state index in [0.717, 1.165) is 5.75 Å². The normalized spacial score (nSPS) is 16.0. The highest BCUT2D eigenvalue weighted by Gasteiger charge is 2.25. The zero-order valence-corrected chi connectivity index (χ0v) is 13.2. The van der Waals surface area contributed by atoms with Crippen molar-refractivity contribution in [3.8, 4) is 0 Å². The van der Waals surface area contributed by atoms with Crippen molar-refractivity contribution in [1.82, 2.24) is 4.90 Å². The summed E-state index contributed by atoms with van der Waals surface area (Å²) in [5.74, 6) is 1.21. The minimum atomic E-state index is -0.240. The monoisotopic (exact) mass is 306 g/mol. The second-order valence-corrected chi connectivity index (χ2v) is 6.52. The van der Waals surface area contributed by atoms with Gasteiger partial charge in [-0.15, -0.1) is 11.8 Å². The molecular weight excluding hydrogens is 284 g/mol. The molecule has 0 bridgehead atoms. The van der Waals surface area contributed by atoms with Gasteiger partial charge in [-0.1, -0.05) is 29.8 Å². The van der Waals surface area contributed by atoms with Crippen LogP contribution in [0.15, 0.2) is 24.3 Å². The molecule has 1 aliphatic heterocycles. The molecule has 1 aromatic rings. The van der Waals surface area contributed by atoms with E-state index in [4.69, 9.17) is 5.73 Å². The van der Waals surface area contributed by atoms with Gasteiger partial charge >= 0.3 is 0 Å². The zero-order chi connectivity index (χ0) is 15.2. The Morgan fingerprint density at radius 3 is 2.67 bits per heavy atom. The van der Waals surface area contributed by atoms with Gasteiger partial charge in [0.2, 0.25) is 11.8 Å². The smallest absolute Gasteiger partial charge is 0.232 e. The molecule has 1 aliphatic rings. The van der Waals surface area contributed by atoms with Crippen molar-refractivity contribution in [2.45, 2.75) is 25.5 Å². The molecule has 114 valence electrons.